The lowest BCUT2D eigenvalue weighted by molar-refractivity contribution is 0.306. The quantitative estimate of drug-likeness (QED) is 0.561. The molecule has 0 radical (unpaired) electrons. The molecule has 0 saturated heterocycles. The molecule has 0 amide bonds. The van der Waals surface area contributed by atoms with Gasteiger partial charge < -0.3 is 10.1 Å². The van der Waals surface area contributed by atoms with Crippen LogP contribution in [0, 0.1) is 0 Å². The van der Waals surface area contributed by atoms with Crippen LogP contribution in [0.5, 0.6) is 5.75 Å². The van der Waals surface area contributed by atoms with Crippen molar-refractivity contribution >= 4 is 23.2 Å². The lowest BCUT2D eigenvalue weighted by Crippen LogP contribution is -2.12. The molecule has 128 valence electrons. The van der Waals surface area contributed by atoms with E-state index < -0.39 is 0 Å². The first-order valence-corrected chi connectivity index (χ1v) is 8.87. The Morgan fingerprint density at radius 2 is 1.28 bits per heavy atom. The van der Waals surface area contributed by atoms with Gasteiger partial charge in [0.1, 0.15) is 12.4 Å². The van der Waals surface area contributed by atoms with Crippen LogP contribution in [0.15, 0.2) is 72.8 Å². The summed E-state index contributed by atoms with van der Waals surface area (Å²) in [6.07, 6.45) is 0. The normalized spacial score (nSPS) is 10.6. The molecule has 0 aliphatic heterocycles. The molecule has 2 nitrogen and oxygen atoms in total. The fourth-order valence-electron chi connectivity index (χ4n) is 2.48. The Morgan fingerprint density at radius 3 is 1.92 bits per heavy atom. The van der Waals surface area contributed by atoms with Crippen LogP contribution >= 0.6 is 23.2 Å². The van der Waals surface area contributed by atoms with Gasteiger partial charge in [-0.05, 0) is 35.4 Å². The molecule has 25 heavy (non-hydrogen) atoms. The third kappa shape index (κ3) is 5.23. The predicted molar refractivity (Wildman–Crippen MR) is 104 cm³/mol. The molecular formula is C21H19Cl2NO. The maximum absolute atomic E-state index is 6.16. The van der Waals surface area contributed by atoms with E-state index in [0.717, 1.165) is 24.4 Å². The summed E-state index contributed by atoms with van der Waals surface area (Å²) < 4.78 is 5.79. The number of benzene rings is 3. The molecule has 0 unspecified atom stereocenters. The lowest BCUT2D eigenvalue weighted by atomic mass is 10.2. The van der Waals surface area contributed by atoms with E-state index >= 15 is 0 Å². The van der Waals surface area contributed by atoms with Gasteiger partial charge in [0.15, 0.2) is 0 Å². The number of hydrogen-bond acceptors (Lipinski definition) is 2. The maximum Gasteiger partial charge on any atom is 0.119 e. The maximum atomic E-state index is 6.16. The van der Waals surface area contributed by atoms with Crippen molar-refractivity contribution in [3.05, 3.63) is 99.5 Å². The van der Waals surface area contributed by atoms with Crippen LogP contribution in [0.4, 0.5) is 0 Å². The molecule has 1 N–H and O–H groups in total. The molecule has 0 aliphatic carbocycles. The number of halogens is 2. The highest BCUT2D eigenvalue weighted by Gasteiger charge is 2.06. The van der Waals surface area contributed by atoms with Crippen molar-refractivity contribution in [2.45, 2.75) is 19.7 Å². The monoisotopic (exact) mass is 371 g/mol. The second-order valence-electron chi connectivity index (χ2n) is 5.72. The summed E-state index contributed by atoms with van der Waals surface area (Å²) in [5.41, 5.74) is 3.29. The second kappa shape index (κ2) is 8.91. The van der Waals surface area contributed by atoms with Crippen LogP contribution in [0.1, 0.15) is 16.7 Å². The van der Waals surface area contributed by atoms with Gasteiger partial charge in [0.2, 0.25) is 0 Å². The summed E-state index contributed by atoms with van der Waals surface area (Å²) in [4.78, 5) is 0. The Hall–Kier alpha value is -2.00. The van der Waals surface area contributed by atoms with Crippen LogP contribution < -0.4 is 10.1 Å². The average Bonchev–Trinajstić information content (AvgIpc) is 2.63. The van der Waals surface area contributed by atoms with Gasteiger partial charge in [-0.3, -0.25) is 0 Å². The highest BCUT2D eigenvalue weighted by Crippen LogP contribution is 2.25. The molecule has 0 spiro atoms. The Bertz CT molecular complexity index is 784. The second-order valence-corrected chi connectivity index (χ2v) is 6.54. The van der Waals surface area contributed by atoms with E-state index in [9.17, 15) is 0 Å². The minimum absolute atomic E-state index is 0.351. The molecule has 0 aromatic heterocycles. The Labute approximate surface area is 158 Å². The van der Waals surface area contributed by atoms with Crippen molar-refractivity contribution in [1.29, 1.82) is 0 Å². The largest absolute Gasteiger partial charge is 0.489 e. The fourth-order valence-corrected chi connectivity index (χ4v) is 2.98. The number of nitrogens with one attached hydrogen (secondary N) is 1. The summed E-state index contributed by atoms with van der Waals surface area (Å²) in [6, 6.07) is 23.8. The zero-order valence-corrected chi connectivity index (χ0v) is 15.2. The van der Waals surface area contributed by atoms with E-state index in [4.69, 9.17) is 27.9 Å². The molecular weight excluding hydrogens is 353 g/mol. The summed E-state index contributed by atoms with van der Waals surface area (Å²) in [5.74, 6) is 0.794. The van der Waals surface area contributed by atoms with E-state index in [-0.39, 0.29) is 0 Å². The molecule has 0 atom stereocenters. The third-order valence-electron chi connectivity index (χ3n) is 3.87. The van der Waals surface area contributed by atoms with Crippen molar-refractivity contribution in [1.82, 2.24) is 5.32 Å². The molecule has 3 aromatic rings. The van der Waals surface area contributed by atoms with E-state index in [1.165, 1.54) is 11.1 Å². The Balaban J connectivity index is 1.50. The van der Waals surface area contributed by atoms with Gasteiger partial charge in [0.05, 0.1) is 0 Å². The highest BCUT2D eigenvalue weighted by molar-refractivity contribution is 6.35. The molecule has 0 aliphatic rings. The zero-order valence-electron chi connectivity index (χ0n) is 13.7. The molecule has 0 heterocycles. The SMILES string of the molecule is Clc1cccc(Cl)c1COc1ccc(CNCc2ccccc2)cc1. The fraction of sp³-hybridized carbons (Fsp3) is 0.143. The zero-order chi connectivity index (χ0) is 17.5. The molecule has 0 saturated carbocycles. The first kappa shape index (κ1) is 17.8. The van der Waals surface area contributed by atoms with Gasteiger partial charge in [-0.25, -0.2) is 0 Å². The number of rotatable bonds is 7. The van der Waals surface area contributed by atoms with Crippen LogP contribution in [-0.2, 0) is 19.7 Å². The Morgan fingerprint density at radius 1 is 0.680 bits per heavy atom. The standard InChI is InChI=1S/C21H19Cl2NO/c22-20-7-4-8-21(23)19(20)15-25-18-11-9-17(10-12-18)14-24-13-16-5-2-1-3-6-16/h1-12,24H,13-15H2. The van der Waals surface area contributed by atoms with Gasteiger partial charge in [-0.1, -0.05) is 71.7 Å². The van der Waals surface area contributed by atoms with Gasteiger partial charge >= 0.3 is 0 Å². The van der Waals surface area contributed by atoms with Gasteiger partial charge in [0.25, 0.3) is 0 Å². The van der Waals surface area contributed by atoms with E-state index in [1.807, 2.05) is 48.5 Å². The lowest BCUT2D eigenvalue weighted by Gasteiger charge is -2.10. The topological polar surface area (TPSA) is 21.3 Å². The molecule has 3 rings (SSSR count). The summed E-state index contributed by atoms with van der Waals surface area (Å²) in [6.45, 7) is 2.01. The van der Waals surface area contributed by atoms with Crippen molar-refractivity contribution in [3.8, 4) is 5.75 Å². The minimum Gasteiger partial charge on any atom is -0.489 e. The number of hydrogen-bond donors (Lipinski definition) is 1. The van der Waals surface area contributed by atoms with E-state index in [2.05, 4.69) is 29.6 Å². The predicted octanol–water partition coefficient (Wildman–Crippen LogP) is 5.86. The van der Waals surface area contributed by atoms with E-state index in [0.29, 0.717) is 16.7 Å². The van der Waals surface area contributed by atoms with Crippen LogP contribution in [0.25, 0.3) is 0 Å². The molecule has 0 bridgehead atoms. The van der Waals surface area contributed by atoms with Crippen LogP contribution in [-0.4, -0.2) is 0 Å². The average molecular weight is 372 g/mol. The Kier molecular flexibility index (Phi) is 6.35. The third-order valence-corrected chi connectivity index (χ3v) is 4.58. The van der Waals surface area contributed by atoms with Crippen LogP contribution in [0.3, 0.4) is 0 Å². The first-order valence-electron chi connectivity index (χ1n) is 8.11. The van der Waals surface area contributed by atoms with Crippen LogP contribution in [0.2, 0.25) is 10.0 Å². The van der Waals surface area contributed by atoms with E-state index in [1.54, 1.807) is 0 Å². The summed E-state index contributed by atoms with van der Waals surface area (Å²) >= 11 is 12.3. The smallest absolute Gasteiger partial charge is 0.119 e. The van der Waals surface area contributed by atoms with Crippen molar-refractivity contribution < 1.29 is 4.74 Å². The summed E-state index contributed by atoms with van der Waals surface area (Å²) in [7, 11) is 0. The molecule has 4 heteroatoms. The number of ether oxygens (including phenoxy) is 1. The van der Waals surface area contributed by atoms with Crippen molar-refractivity contribution in [2.24, 2.45) is 0 Å². The first-order chi connectivity index (χ1) is 12.2. The minimum atomic E-state index is 0.351. The molecule has 3 aromatic carbocycles. The van der Waals surface area contributed by atoms with Crippen molar-refractivity contribution in [2.75, 3.05) is 0 Å². The van der Waals surface area contributed by atoms with Crippen molar-refractivity contribution in [3.63, 3.8) is 0 Å². The van der Waals surface area contributed by atoms with Gasteiger partial charge in [-0.2, -0.15) is 0 Å². The molecule has 0 fully saturated rings. The van der Waals surface area contributed by atoms with Gasteiger partial charge in [-0.15, -0.1) is 0 Å². The van der Waals surface area contributed by atoms with Gasteiger partial charge in [0, 0.05) is 28.7 Å². The highest BCUT2D eigenvalue weighted by atomic mass is 35.5. The summed E-state index contributed by atoms with van der Waals surface area (Å²) in [5, 5.41) is 4.67.